The van der Waals surface area contributed by atoms with Gasteiger partial charge in [-0.1, -0.05) is 30.3 Å². The molecule has 11 heteroatoms. The predicted molar refractivity (Wildman–Crippen MR) is 137 cm³/mol. The Morgan fingerprint density at radius 1 is 1.03 bits per heavy atom. The van der Waals surface area contributed by atoms with Gasteiger partial charge in [0.25, 0.3) is 11.5 Å². The number of carbonyl (C=O) groups is 1. The lowest BCUT2D eigenvalue weighted by atomic mass is 10.1. The molecule has 0 atom stereocenters. The molecule has 0 bridgehead atoms. The van der Waals surface area contributed by atoms with Crippen LogP contribution in [-0.4, -0.2) is 39.5 Å². The summed E-state index contributed by atoms with van der Waals surface area (Å²) < 4.78 is 27.8. The first-order valence-corrected chi connectivity index (χ1v) is 11.2. The third kappa shape index (κ3) is 6.81. The van der Waals surface area contributed by atoms with Crippen LogP contribution in [-0.2, 0) is 31.0 Å². The van der Waals surface area contributed by atoms with E-state index in [4.69, 9.17) is 9.47 Å². The van der Waals surface area contributed by atoms with Gasteiger partial charge in [-0.2, -0.15) is 5.10 Å². The molecule has 0 saturated heterocycles. The van der Waals surface area contributed by atoms with Crippen LogP contribution in [0, 0.1) is 5.82 Å². The molecule has 4 rings (SSSR count). The Labute approximate surface area is 219 Å². The second kappa shape index (κ2) is 12.8. The number of rotatable bonds is 10. The van der Waals surface area contributed by atoms with Crippen molar-refractivity contribution in [1.29, 1.82) is 0 Å². The van der Waals surface area contributed by atoms with E-state index in [0.29, 0.717) is 24.3 Å². The summed E-state index contributed by atoms with van der Waals surface area (Å²) in [6.07, 6.45) is 4.81. The first-order valence-electron chi connectivity index (χ1n) is 11.2. The number of hydrogen-bond acceptors (Lipinski definition) is 6. The van der Waals surface area contributed by atoms with Crippen LogP contribution in [0.1, 0.15) is 32.9 Å². The molecule has 1 N–H and O–H groups in total. The van der Waals surface area contributed by atoms with Gasteiger partial charge in [0.2, 0.25) is 0 Å². The van der Waals surface area contributed by atoms with Crippen LogP contribution >= 0.6 is 12.4 Å². The smallest absolute Gasteiger partial charge is 0.255 e. The van der Waals surface area contributed by atoms with Crippen LogP contribution in [0.3, 0.4) is 0 Å². The summed E-state index contributed by atoms with van der Waals surface area (Å²) >= 11 is 0. The Morgan fingerprint density at radius 3 is 2.43 bits per heavy atom. The number of amides is 1. The maximum absolute atomic E-state index is 14.4. The van der Waals surface area contributed by atoms with Crippen LogP contribution in [0.15, 0.2) is 71.9 Å². The highest BCUT2D eigenvalue weighted by Crippen LogP contribution is 2.18. The van der Waals surface area contributed by atoms with Crippen molar-refractivity contribution < 1.29 is 18.7 Å². The van der Waals surface area contributed by atoms with Gasteiger partial charge in [-0.25, -0.2) is 4.39 Å². The van der Waals surface area contributed by atoms with Gasteiger partial charge < -0.3 is 19.4 Å². The zero-order valence-electron chi connectivity index (χ0n) is 20.4. The average Bonchev–Trinajstić information content (AvgIpc) is 3.28. The fraction of sp³-hybridized carbons (Fsp3) is 0.231. The number of hydrogen-bond donors (Lipinski definition) is 1. The van der Waals surface area contributed by atoms with E-state index in [1.165, 1.54) is 32.5 Å². The van der Waals surface area contributed by atoms with E-state index in [9.17, 15) is 14.0 Å². The number of pyridine rings is 2. The summed E-state index contributed by atoms with van der Waals surface area (Å²) in [6, 6.07) is 14.3. The van der Waals surface area contributed by atoms with Gasteiger partial charge in [0.1, 0.15) is 5.69 Å². The number of methoxy groups -OCH3 is 2. The molecule has 3 heterocycles. The SMILES string of the molecule is COCc1nn(Cc2ccc(Cn3ccccc3=O)cc2)cc1C(=O)NCc1nccc(OC)c1F.Cl. The number of ether oxygens (including phenoxy) is 2. The van der Waals surface area contributed by atoms with Crippen molar-refractivity contribution in [3.8, 4) is 5.75 Å². The molecule has 0 unspecified atom stereocenters. The Balaban J connectivity index is 0.00000380. The van der Waals surface area contributed by atoms with E-state index >= 15 is 0 Å². The highest BCUT2D eigenvalue weighted by molar-refractivity contribution is 5.95. The van der Waals surface area contributed by atoms with Crippen molar-refractivity contribution in [2.24, 2.45) is 0 Å². The summed E-state index contributed by atoms with van der Waals surface area (Å²) in [5.74, 6) is -0.973. The largest absolute Gasteiger partial charge is 0.494 e. The molecular formula is C26H27ClFN5O4. The highest BCUT2D eigenvalue weighted by Gasteiger charge is 2.18. The van der Waals surface area contributed by atoms with Gasteiger partial charge in [-0.05, 0) is 17.2 Å². The molecule has 37 heavy (non-hydrogen) atoms. The summed E-state index contributed by atoms with van der Waals surface area (Å²) in [7, 11) is 2.89. The Bertz CT molecular complexity index is 1400. The van der Waals surface area contributed by atoms with Crippen molar-refractivity contribution in [2.75, 3.05) is 14.2 Å². The molecular weight excluding hydrogens is 501 g/mol. The molecule has 9 nitrogen and oxygen atoms in total. The molecule has 0 spiro atoms. The number of halogens is 2. The molecule has 0 radical (unpaired) electrons. The summed E-state index contributed by atoms with van der Waals surface area (Å²) in [6.45, 7) is 0.951. The van der Waals surface area contributed by atoms with Gasteiger partial charge in [-0.15, -0.1) is 12.4 Å². The molecule has 1 aromatic carbocycles. The summed E-state index contributed by atoms with van der Waals surface area (Å²) in [4.78, 5) is 28.8. The number of carbonyl (C=O) groups excluding carboxylic acids is 1. The molecule has 0 saturated carbocycles. The fourth-order valence-electron chi connectivity index (χ4n) is 3.71. The van der Waals surface area contributed by atoms with Gasteiger partial charge >= 0.3 is 0 Å². The van der Waals surface area contributed by atoms with Crippen LogP contribution in [0.5, 0.6) is 5.75 Å². The van der Waals surface area contributed by atoms with Gasteiger partial charge in [0, 0.05) is 37.8 Å². The van der Waals surface area contributed by atoms with Crippen LogP contribution < -0.4 is 15.6 Å². The quantitative estimate of drug-likeness (QED) is 0.340. The second-order valence-corrected chi connectivity index (χ2v) is 8.06. The first kappa shape index (κ1) is 27.6. The lowest BCUT2D eigenvalue weighted by Gasteiger charge is -2.08. The van der Waals surface area contributed by atoms with E-state index < -0.39 is 11.7 Å². The molecule has 3 aromatic heterocycles. The van der Waals surface area contributed by atoms with E-state index in [-0.39, 0.29) is 42.6 Å². The lowest BCUT2D eigenvalue weighted by Crippen LogP contribution is -2.24. The summed E-state index contributed by atoms with van der Waals surface area (Å²) in [5.41, 5.74) is 2.78. The molecule has 1 amide bonds. The standard InChI is InChI=1S/C26H26FN5O4.ClH/c1-35-17-22-20(26(34)29-13-21-25(27)23(36-2)10-11-28-21)16-32(30-22)15-19-8-6-18(7-9-19)14-31-12-4-3-5-24(31)33;/h3-12,16H,13-15,17H2,1-2H3,(H,29,34);1H. The van der Waals surface area contributed by atoms with Crippen LogP contribution in [0.25, 0.3) is 0 Å². The molecule has 4 aromatic rings. The number of nitrogens with one attached hydrogen (secondary N) is 1. The topological polar surface area (TPSA) is 100 Å². The molecule has 0 aliphatic carbocycles. The Kier molecular flexibility index (Phi) is 9.53. The second-order valence-electron chi connectivity index (χ2n) is 8.06. The van der Waals surface area contributed by atoms with Crippen molar-refractivity contribution in [3.63, 3.8) is 0 Å². The Morgan fingerprint density at radius 2 is 1.76 bits per heavy atom. The average molecular weight is 528 g/mol. The zero-order valence-corrected chi connectivity index (χ0v) is 21.2. The number of nitrogens with zero attached hydrogens (tertiary/aromatic N) is 4. The van der Waals surface area contributed by atoms with Gasteiger partial charge in [-0.3, -0.25) is 19.3 Å². The number of aromatic nitrogens is 4. The van der Waals surface area contributed by atoms with E-state index in [1.54, 1.807) is 27.7 Å². The van der Waals surface area contributed by atoms with E-state index in [1.807, 2.05) is 30.3 Å². The normalized spacial score (nSPS) is 10.6. The minimum Gasteiger partial charge on any atom is -0.494 e. The summed E-state index contributed by atoms with van der Waals surface area (Å²) in [5, 5.41) is 7.18. The Hall–Kier alpha value is -4.02. The highest BCUT2D eigenvalue weighted by atomic mass is 35.5. The maximum Gasteiger partial charge on any atom is 0.255 e. The van der Waals surface area contributed by atoms with Gasteiger partial charge in [0.05, 0.1) is 44.6 Å². The first-order chi connectivity index (χ1) is 17.5. The monoisotopic (exact) mass is 527 g/mol. The fourth-order valence-corrected chi connectivity index (χ4v) is 3.71. The van der Waals surface area contributed by atoms with E-state index in [2.05, 4.69) is 15.4 Å². The molecule has 0 aliphatic heterocycles. The predicted octanol–water partition coefficient (Wildman–Crippen LogP) is 3.18. The number of benzene rings is 1. The maximum atomic E-state index is 14.4. The van der Waals surface area contributed by atoms with Gasteiger partial charge in [0.15, 0.2) is 11.6 Å². The van der Waals surface area contributed by atoms with Crippen molar-refractivity contribution >= 4 is 18.3 Å². The van der Waals surface area contributed by atoms with Crippen molar-refractivity contribution in [2.45, 2.75) is 26.2 Å². The van der Waals surface area contributed by atoms with Crippen LogP contribution in [0.2, 0.25) is 0 Å². The molecule has 194 valence electrons. The zero-order chi connectivity index (χ0) is 25.5. The third-order valence-corrected chi connectivity index (χ3v) is 5.55. The lowest BCUT2D eigenvalue weighted by molar-refractivity contribution is 0.0945. The minimum absolute atomic E-state index is 0. The molecule has 0 fully saturated rings. The van der Waals surface area contributed by atoms with Crippen LogP contribution in [0.4, 0.5) is 4.39 Å². The van der Waals surface area contributed by atoms with Crippen molar-refractivity contribution in [3.05, 3.63) is 111 Å². The minimum atomic E-state index is -0.617. The third-order valence-electron chi connectivity index (χ3n) is 5.55. The molecule has 0 aliphatic rings. The van der Waals surface area contributed by atoms with E-state index in [0.717, 1.165) is 11.1 Å². The van der Waals surface area contributed by atoms with Crippen molar-refractivity contribution in [1.82, 2.24) is 24.6 Å².